The van der Waals surface area contributed by atoms with Crippen molar-refractivity contribution in [1.82, 2.24) is 15.1 Å². The summed E-state index contributed by atoms with van der Waals surface area (Å²) >= 11 is 0. The molecule has 2 fully saturated rings. The smallest absolute Gasteiger partial charge is 0.223 e. The molecule has 2 aliphatic rings. The first-order valence-electron chi connectivity index (χ1n) is 8.26. The van der Waals surface area contributed by atoms with E-state index in [9.17, 15) is 4.79 Å². The lowest BCUT2D eigenvalue weighted by Crippen LogP contribution is -2.53. The Kier molecular flexibility index (Phi) is 5.85. The zero-order valence-electron chi connectivity index (χ0n) is 13.4. The number of amides is 1. The van der Waals surface area contributed by atoms with E-state index in [1.165, 1.54) is 12.8 Å². The molecule has 1 heterocycles. The molecule has 1 aliphatic carbocycles. The predicted molar refractivity (Wildman–Crippen MR) is 82.7 cm³/mol. The molecule has 1 aliphatic heterocycles. The van der Waals surface area contributed by atoms with E-state index in [1.807, 2.05) is 0 Å². The minimum atomic E-state index is 0.291. The molecule has 1 saturated carbocycles. The Morgan fingerprint density at radius 2 is 1.85 bits per heavy atom. The van der Waals surface area contributed by atoms with Gasteiger partial charge in [0.1, 0.15) is 0 Å². The molecule has 1 N–H and O–H groups in total. The van der Waals surface area contributed by atoms with Gasteiger partial charge in [-0.15, -0.1) is 0 Å². The average molecular weight is 281 g/mol. The third-order valence-electron chi connectivity index (χ3n) is 4.79. The van der Waals surface area contributed by atoms with E-state index < -0.39 is 0 Å². The minimum absolute atomic E-state index is 0.291. The second kappa shape index (κ2) is 7.41. The van der Waals surface area contributed by atoms with E-state index >= 15 is 0 Å². The van der Waals surface area contributed by atoms with E-state index in [0.717, 1.165) is 45.6 Å². The maximum absolute atomic E-state index is 12.0. The van der Waals surface area contributed by atoms with E-state index in [-0.39, 0.29) is 0 Å². The number of hydrogen-bond acceptors (Lipinski definition) is 3. The van der Waals surface area contributed by atoms with Gasteiger partial charge in [-0.2, -0.15) is 0 Å². The lowest BCUT2D eigenvalue weighted by molar-refractivity contribution is -0.127. The van der Waals surface area contributed by atoms with Crippen molar-refractivity contribution in [1.29, 1.82) is 0 Å². The number of carbonyl (C=O) groups is 1. The van der Waals surface area contributed by atoms with Crippen molar-refractivity contribution in [3.63, 3.8) is 0 Å². The fraction of sp³-hybridized carbons (Fsp3) is 0.938. The SMILES string of the molecule is CC(C)CC(CNC(=O)C1CCC1)N1CCN(C)CC1. The summed E-state index contributed by atoms with van der Waals surface area (Å²) in [7, 11) is 2.19. The Morgan fingerprint density at radius 3 is 2.35 bits per heavy atom. The van der Waals surface area contributed by atoms with Gasteiger partial charge in [-0.1, -0.05) is 20.3 Å². The predicted octanol–water partition coefficient (Wildman–Crippen LogP) is 1.56. The maximum Gasteiger partial charge on any atom is 0.223 e. The highest BCUT2D eigenvalue weighted by atomic mass is 16.1. The Bertz CT molecular complexity index is 307. The summed E-state index contributed by atoms with van der Waals surface area (Å²) in [5.41, 5.74) is 0. The molecule has 1 saturated heterocycles. The summed E-state index contributed by atoms with van der Waals surface area (Å²) < 4.78 is 0. The van der Waals surface area contributed by atoms with Gasteiger partial charge < -0.3 is 10.2 Å². The van der Waals surface area contributed by atoms with Crippen molar-refractivity contribution in [2.75, 3.05) is 39.8 Å². The third kappa shape index (κ3) is 4.45. The van der Waals surface area contributed by atoms with Crippen LogP contribution in [0.4, 0.5) is 0 Å². The summed E-state index contributed by atoms with van der Waals surface area (Å²) in [5, 5.41) is 3.20. The molecule has 1 unspecified atom stereocenters. The number of carbonyl (C=O) groups excluding carboxylic acids is 1. The Morgan fingerprint density at radius 1 is 1.20 bits per heavy atom. The lowest BCUT2D eigenvalue weighted by Gasteiger charge is -2.39. The quantitative estimate of drug-likeness (QED) is 0.802. The first-order chi connectivity index (χ1) is 9.56. The van der Waals surface area contributed by atoms with Crippen molar-refractivity contribution >= 4 is 5.91 Å². The Balaban J connectivity index is 1.81. The lowest BCUT2D eigenvalue weighted by atomic mass is 9.85. The molecule has 1 atom stereocenters. The molecular weight excluding hydrogens is 250 g/mol. The van der Waals surface area contributed by atoms with Gasteiger partial charge in [-0.05, 0) is 32.2 Å². The second-order valence-corrected chi connectivity index (χ2v) is 7.00. The molecule has 0 radical (unpaired) electrons. The van der Waals surface area contributed by atoms with Crippen LogP contribution in [0.3, 0.4) is 0 Å². The molecule has 0 aromatic rings. The molecule has 0 spiro atoms. The molecule has 0 aromatic carbocycles. The van der Waals surface area contributed by atoms with Gasteiger partial charge in [0.05, 0.1) is 0 Å². The van der Waals surface area contributed by atoms with Crippen molar-refractivity contribution in [2.45, 2.75) is 45.6 Å². The van der Waals surface area contributed by atoms with E-state index in [4.69, 9.17) is 0 Å². The van der Waals surface area contributed by atoms with Gasteiger partial charge >= 0.3 is 0 Å². The number of piperazine rings is 1. The number of nitrogens with zero attached hydrogens (tertiary/aromatic N) is 2. The van der Waals surface area contributed by atoms with Crippen LogP contribution in [0, 0.1) is 11.8 Å². The second-order valence-electron chi connectivity index (χ2n) is 7.00. The molecular formula is C16H31N3O. The average Bonchev–Trinajstić information content (AvgIpc) is 2.33. The van der Waals surface area contributed by atoms with Gasteiger partial charge in [-0.25, -0.2) is 0 Å². The van der Waals surface area contributed by atoms with Gasteiger partial charge in [0.15, 0.2) is 0 Å². The van der Waals surface area contributed by atoms with Crippen molar-refractivity contribution in [3.05, 3.63) is 0 Å². The standard InChI is InChI=1S/C16H31N3O/c1-13(2)11-15(19-9-7-18(3)8-10-19)12-17-16(20)14-5-4-6-14/h13-15H,4-12H2,1-3H3,(H,17,20). The molecule has 2 rings (SSSR count). The fourth-order valence-corrected chi connectivity index (χ4v) is 3.13. The Hall–Kier alpha value is -0.610. The third-order valence-corrected chi connectivity index (χ3v) is 4.79. The van der Waals surface area contributed by atoms with Crippen molar-refractivity contribution < 1.29 is 4.79 Å². The van der Waals surface area contributed by atoms with Crippen LogP contribution in [0.15, 0.2) is 0 Å². The number of likely N-dealkylation sites (N-methyl/N-ethyl adjacent to an activating group) is 1. The fourth-order valence-electron chi connectivity index (χ4n) is 3.13. The number of hydrogen-bond donors (Lipinski definition) is 1. The molecule has 4 heteroatoms. The topological polar surface area (TPSA) is 35.6 Å². The molecule has 4 nitrogen and oxygen atoms in total. The Labute approximate surface area is 123 Å². The summed E-state index contributed by atoms with van der Waals surface area (Å²) in [4.78, 5) is 17.0. The maximum atomic E-state index is 12.0. The van der Waals surface area contributed by atoms with Crippen LogP contribution in [0.1, 0.15) is 39.5 Å². The highest BCUT2D eigenvalue weighted by Gasteiger charge is 2.27. The normalized spacial score (nSPS) is 23.6. The largest absolute Gasteiger partial charge is 0.354 e. The summed E-state index contributed by atoms with van der Waals surface area (Å²) in [5.74, 6) is 1.28. The number of nitrogens with one attached hydrogen (secondary N) is 1. The van der Waals surface area contributed by atoms with Crippen molar-refractivity contribution in [3.8, 4) is 0 Å². The summed E-state index contributed by atoms with van der Waals surface area (Å²) in [6.07, 6.45) is 4.59. The molecule has 116 valence electrons. The van der Waals surface area contributed by atoms with E-state index in [0.29, 0.717) is 23.8 Å². The molecule has 0 bridgehead atoms. The van der Waals surface area contributed by atoms with Gasteiger partial charge in [0.25, 0.3) is 0 Å². The van der Waals surface area contributed by atoms with Crippen LogP contribution in [-0.2, 0) is 4.79 Å². The monoisotopic (exact) mass is 281 g/mol. The molecule has 0 aromatic heterocycles. The van der Waals surface area contributed by atoms with Gasteiger partial charge in [-0.3, -0.25) is 9.69 Å². The summed E-state index contributed by atoms with van der Waals surface area (Å²) in [6, 6.07) is 0.507. The van der Waals surface area contributed by atoms with E-state index in [2.05, 4.69) is 36.0 Å². The van der Waals surface area contributed by atoms with Crippen molar-refractivity contribution in [2.24, 2.45) is 11.8 Å². The zero-order valence-corrected chi connectivity index (χ0v) is 13.4. The molecule has 20 heavy (non-hydrogen) atoms. The van der Waals surface area contributed by atoms with Crippen LogP contribution < -0.4 is 5.32 Å². The highest BCUT2D eigenvalue weighted by molar-refractivity contribution is 5.79. The molecule has 1 amide bonds. The van der Waals surface area contributed by atoms with Crippen LogP contribution in [-0.4, -0.2) is 61.5 Å². The van der Waals surface area contributed by atoms with Gasteiger partial charge in [0, 0.05) is 44.7 Å². The van der Waals surface area contributed by atoms with Crippen LogP contribution >= 0.6 is 0 Å². The van der Waals surface area contributed by atoms with E-state index in [1.54, 1.807) is 0 Å². The zero-order chi connectivity index (χ0) is 14.5. The highest BCUT2D eigenvalue weighted by Crippen LogP contribution is 2.26. The first kappa shape index (κ1) is 15.8. The minimum Gasteiger partial charge on any atom is -0.354 e. The van der Waals surface area contributed by atoms with Crippen LogP contribution in [0.5, 0.6) is 0 Å². The van der Waals surface area contributed by atoms with Crippen LogP contribution in [0.2, 0.25) is 0 Å². The number of rotatable bonds is 6. The van der Waals surface area contributed by atoms with Gasteiger partial charge in [0.2, 0.25) is 5.91 Å². The van der Waals surface area contributed by atoms with Crippen LogP contribution in [0.25, 0.3) is 0 Å². The summed E-state index contributed by atoms with van der Waals surface area (Å²) in [6.45, 7) is 9.93. The first-order valence-corrected chi connectivity index (χ1v) is 8.26.